The van der Waals surface area contributed by atoms with Crippen molar-refractivity contribution in [3.8, 4) is 11.1 Å². The van der Waals surface area contributed by atoms with Crippen molar-refractivity contribution in [1.29, 1.82) is 0 Å². The molecule has 32 heavy (non-hydrogen) atoms. The summed E-state index contributed by atoms with van der Waals surface area (Å²) in [6.07, 6.45) is -3.11. The van der Waals surface area contributed by atoms with Crippen molar-refractivity contribution in [3.05, 3.63) is 47.5 Å². The molecule has 0 aliphatic rings. The minimum Gasteiger partial charge on any atom is -0.373 e. The fourth-order valence-electron chi connectivity index (χ4n) is 3.13. The van der Waals surface area contributed by atoms with Crippen LogP contribution in [0.25, 0.3) is 22.0 Å². The number of fused-ring (bicyclic) bond motifs is 1. The van der Waals surface area contributed by atoms with Gasteiger partial charge < -0.3 is 16.0 Å². The number of anilines is 2. The molecule has 170 valence electrons. The zero-order valence-corrected chi connectivity index (χ0v) is 17.5. The molecule has 3 rings (SSSR count). The maximum absolute atomic E-state index is 14.4. The molecule has 3 N–H and O–H groups in total. The fraction of sp³-hybridized carbons (Fsp3) is 0.286. The quantitative estimate of drug-likeness (QED) is 0.372. The standard InChI is InChI=1S/C21H21F4N5O2/c1-11-6-16(22)18(30-20(31)27-4-5-32-21(23,24)25)8-14(11)15-7-13-10-28-19(26-3)9-17(13)29-12(15)2/h6-10H,4-5H2,1-3H3,(H,26,28)(H2,27,30,31). The van der Waals surface area contributed by atoms with Crippen LogP contribution in [0.15, 0.2) is 30.5 Å². The molecule has 0 aliphatic carbocycles. The average Bonchev–Trinajstić information content (AvgIpc) is 2.72. The molecule has 2 heterocycles. The number of nitrogens with one attached hydrogen (secondary N) is 3. The van der Waals surface area contributed by atoms with E-state index in [9.17, 15) is 22.4 Å². The maximum Gasteiger partial charge on any atom is 0.522 e. The molecule has 0 unspecified atom stereocenters. The number of rotatable bonds is 6. The van der Waals surface area contributed by atoms with E-state index in [0.717, 1.165) is 16.5 Å². The number of hydrogen-bond donors (Lipinski definition) is 3. The molecule has 0 saturated heterocycles. The third-order valence-corrected chi connectivity index (χ3v) is 4.65. The highest BCUT2D eigenvalue weighted by atomic mass is 19.4. The second-order valence-corrected chi connectivity index (χ2v) is 6.96. The first-order valence-corrected chi connectivity index (χ1v) is 9.58. The van der Waals surface area contributed by atoms with Crippen LogP contribution in [0.5, 0.6) is 0 Å². The predicted molar refractivity (Wildman–Crippen MR) is 113 cm³/mol. The molecule has 7 nitrogen and oxygen atoms in total. The van der Waals surface area contributed by atoms with Gasteiger partial charge in [0, 0.05) is 42.5 Å². The van der Waals surface area contributed by atoms with Crippen LogP contribution in [0, 0.1) is 19.7 Å². The first kappa shape index (κ1) is 23.2. The van der Waals surface area contributed by atoms with Crippen LogP contribution >= 0.6 is 0 Å². The molecule has 3 aromatic rings. The zero-order chi connectivity index (χ0) is 23.5. The van der Waals surface area contributed by atoms with E-state index in [1.165, 1.54) is 12.1 Å². The summed E-state index contributed by atoms with van der Waals surface area (Å²) in [5, 5.41) is 8.23. The summed E-state index contributed by atoms with van der Waals surface area (Å²) in [5.41, 5.74) is 3.31. The van der Waals surface area contributed by atoms with Crippen LogP contribution in [0.4, 0.5) is 33.9 Å². The molecular formula is C21H21F4N5O2. The molecule has 1 aromatic carbocycles. The molecule has 0 aliphatic heterocycles. The number of hydrogen-bond acceptors (Lipinski definition) is 5. The third kappa shape index (κ3) is 5.61. The Balaban J connectivity index is 1.84. The van der Waals surface area contributed by atoms with Crippen LogP contribution in [-0.2, 0) is 4.74 Å². The van der Waals surface area contributed by atoms with Crippen molar-refractivity contribution in [1.82, 2.24) is 15.3 Å². The van der Waals surface area contributed by atoms with E-state index >= 15 is 0 Å². The molecule has 11 heteroatoms. The number of amides is 2. The Morgan fingerprint density at radius 2 is 1.88 bits per heavy atom. The van der Waals surface area contributed by atoms with Gasteiger partial charge in [-0.25, -0.2) is 14.2 Å². The van der Waals surface area contributed by atoms with Crippen LogP contribution in [0.2, 0.25) is 0 Å². The lowest BCUT2D eigenvalue weighted by molar-refractivity contribution is -0.323. The van der Waals surface area contributed by atoms with Gasteiger partial charge in [-0.2, -0.15) is 0 Å². The monoisotopic (exact) mass is 451 g/mol. The molecule has 0 radical (unpaired) electrons. The van der Waals surface area contributed by atoms with Crippen LogP contribution in [0.3, 0.4) is 0 Å². The predicted octanol–water partition coefficient (Wildman–Crippen LogP) is 4.75. The van der Waals surface area contributed by atoms with Gasteiger partial charge in [0.25, 0.3) is 0 Å². The van der Waals surface area contributed by atoms with Gasteiger partial charge in [-0.15, -0.1) is 13.2 Å². The van der Waals surface area contributed by atoms with Gasteiger partial charge in [0.05, 0.1) is 17.8 Å². The number of urea groups is 1. The van der Waals surface area contributed by atoms with Crippen molar-refractivity contribution in [2.24, 2.45) is 0 Å². The van der Waals surface area contributed by atoms with Crippen LogP contribution < -0.4 is 16.0 Å². The fourth-order valence-corrected chi connectivity index (χ4v) is 3.13. The number of nitrogens with zero attached hydrogens (tertiary/aromatic N) is 2. The first-order valence-electron chi connectivity index (χ1n) is 9.58. The van der Waals surface area contributed by atoms with Crippen molar-refractivity contribution in [2.45, 2.75) is 20.2 Å². The Bertz CT molecular complexity index is 1150. The van der Waals surface area contributed by atoms with Gasteiger partial charge in [-0.1, -0.05) is 0 Å². The van der Waals surface area contributed by atoms with E-state index in [4.69, 9.17) is 0 Å². The Morgan fingerprint density at radius 1 is 1.12 bits per heavy atom. The number of aromatic nitrogens is 2. The second-order valence-electron chi connectivity index (χ2n) is 6.96. The molecule has 2 aromatic heterocycles. The number of aryl methyl sites for hydroxylation is 2. The summed E-state index contributed by atoms with van der Waals surface area (Å²) in [7, 11) is 1.76. The lowest BCUT2D eigenvalue weighted by atomic mass is 9.97. The summed E-state index contributed by atoms with van der Waals surface area (Å²) < 4.78 is 54.0. The van der Waals surface area contributed by atoms with Gasteiger partial charge >= 0.3 is 12.4 Å². The highest BCUT2D eigenvalue weighted by Crippen LogP contribution is 2.32. The van der Waals surface area contributed by atoms with Gasteiger partial charge in [0.1, 0.15) is 11.6 Å². The minimum atomic E-state index is -4.79. The maximum atomic E-state index is 14.4. The largest absolute Gasteiger partial charge is 0.522 e. The first-order chi connectivity index (χ1) is 15.1. The molecule has 0 bridgehead atoms. The number of halogens is 4. The lowest BCUT2D eigenvalue weighted by Gasteiger charge is -2.15. The van der Waals surface area contributed by atoms with E-state index in [-0.39, 0.29) is 5.69 Å². The second kappa shape index (κ2) is 9.35. The molecule has 0 fully saturated rings. The molecule has 0 atom stereocenters. The van der Waals surface area contributed by atoms with E-state index in [1.807, 2.05) is 19.1 Å². The molecular weight excluding hydrogens is 430 g/mol. The summed E-state index contributed by atoms with van der Waals surface area (Å²) in [6, 6.07) is 5.55. The summed E-state index contributed by atoms with van der Waals surface area (Å²) in [6.45, 7) is 2.38. The van der Waals surface area contributed by atoms with Gasteiger partial charge in [-0.3, -0.25) is 9.72 Å². The lowest BCUT2D eigenvalue weighted by Crippen LogP contribution is -2.33. The summed E-state index contributed by atoms with van der Waals surface area (Å²) in [4.78, 5) is 20.9. The Hall–Kier alpha value is -3.47. The minimum absolute atomic E-state index is 0.122. The Kier molecular flexibility index (Phi) is 6.78. The van der Waals surface area contributed by atoms with E-state index in [2.05, 4.69) is 30.7 Å². The number of pyridine rings is 2. The normalized spacial score (nSPS) is 11.5. The van der Waals surface area contributed by atoms with Crippen molar-refractivity contribution < 1.29 is 27.1 Å². The van der Waals surface area contributed by atoms with E-state index < -0.39 is 31.4 Å². The third-order valence-electron chi connectivity index (χ3n) is 4.65. The average molecular weight is 451 g/mol. The zero-order valence-electron chi connectivity index (χ0n) is 17.5. The number of carbonyl (C=O) groups excluding carboxylic acids is 1. The van der Waals surface area contributed by atoms with Gasteiger partial charge in [0.2, 0.25) is 0 Å². The van der Waals surface area contributed by atoms with Crippen LogP contribution in [-0.4, -0.2) is 42.6 Å². The smallest absolute Gasteiger partial charge is 0.373 e. The van der Waals surface area contributed by atoms with Crippen molar-refractivity contribution in [2.75, 3.05) is 30.8 Å². The number of ether oxygens (including phenoxy) is 1. The summed E-state index contributed by atoms with van der Waals surface area (Å²) in [5.74, 6) is -0.00656. The van der Waals surface area contributed by atoms with Gasteiger partial charge in [0.15, 0.2) is 0 Å². The molecule has 0 saturated carbocycles. The summed E-state index contributed by atoms with van der Waals surface area (Å²) >= 11 is 0. The molecule has 0 spiro atoms. The van der Waals surface area contributed by atoms with Crippen LogP contribution in [0.1, 0.15) is 11.3 Å². The number of alkyl halides is 3. The van der Waals surface area contributed by atoms with Gasteiger partial charge in [-0.05, 0) is 43.2 Å². The SMILES string of the molecule is CNc1cc2nc(C)c(-c3cc(NC(=O)NCCOC(F)(F)F)c(F)cc3C)cc2cn1. The van der Waals surface area contributed by atoms with Crippen molar-refractivity contribution >= 4 is 28.4 Å². The van der Waals surface area contributed by atoms with Crippen molar-refractivity contribution in [3.63, 3.8) is 0 Å². The van der Waals surface area contributed by atoms with E-state index in [0.29, 0.717) is 22.6 Å². The topological polar surface area (TPSA) is 88.2 Å². The highest BCUT2D eigenvalue weighted by molar-refractivity contribution is 5.92. The van der Waals surface area contributed by atoms with E-state index in [1.54, 1.807) is 20.2 Å². The number of carbonyl (C=O) groups is 1. The highest BCUT2D eigenvalue weighted by Gasteiger charge is 2.28. The Labute approximate surface area is 181 Å². The number of benzene rings is 1. The Morgan fingerprint density at radius 3 is 2.56 bits per heavy atom. The molecule has 2 amide bonds.